The maximum absolute atomic E-state index is 12.5. The Labute approximate surface area is 154 Å². The highest BCUT2D eigenvalue weighted by Gasteiger charge is 2.22. The molecule has 0 bridgehead atoms. The zero-order chi connectivity index (χ0) is 18.4. The summed E-state index contributed by atoms with van der Waals surface area (Å²) in [5.41, 5.74) is 2.93. The lowest BCUT2D eigenvalue weighted by molar-refractivity contribution is 0.133. The van der Waals surface area contributed by atoms with Gasteiger partial charge in [-0.05, 0) is 30.2 Å². The van der Waals surface area contributed by atoms with Crippen molar-refractivity contribution in [3.63, 3.8) is 0 Å². The van der Waals surface area contributed by atoms with E-state index in [4.69, 9.17) is 5.26 Å². The third kappa shape index (κ3) is 4.62. The number of nitrogens with zero attached hydrogens (tertiary/aromatic N) is 3. The summed E-state index contributed by atoms with van der Waals surface area (Å²) in [4.78, 5) is 16.8. The fourth-order valence-electron chi connectivity index (χ4n) is 3.16. The third-order valence-electron chi connectivity index (χ3n) is 4.79. The fraction of sp³-hybridized carbons (Fsp3) is 0.333. The molecule has 2 amide bonds. The lowest BCUT2D eigenvalue weighted by Crippen LogP contribution is -2.51. The van der Waals surface area contributed by atoms with Crippen LogP contribution in [0.1, 0.15) is 29.7 Å². The number of amides is 2. The van der Waals surface area contributed by atoms with Crippen LogP contribution in [0.5, 0.6) is 0 Å². The maximum Gasteiger partial charge on any atom is 0.317 e. The zero-order valence-electron chi connectivity index (χ0n) is 15.1. The van der Waals surface area contributed by atoms with Crippen LogP contribution in [0.2, 0.25) is 0 Å². The Balaban J connectivity index is 1.48. The Morgan fingerprint density at radius 3 is 2.35 bits per heavy atom. The van der Waals surface area contributed by atoms with Crippen LogP contribution in [0.15, 0.2) is 54.6 Å². The summed E-state index contributed by atoms with van der Waals surface area (Å²) in [6.45, 7) is 6.13. The van der Waals surface area contributed by atoms with Gasteiger partial charge in [0.25, 0.3) is 0 Å². The standard InChI is InChI=1S/C21H24N4O/c1-17(20-9-7-18(15-22)8-10-20)23-21(26)25-13-11-24(12-14-25)16-19-5-3-2-4-6-19/h2-10,17H,11-14,16H2,1H3,(H,23,26). The van der Waals surface area contributed by atoms with Gasteiger partial charge in [-0.2, -0.15) is 5.26 Å². The van der Waals surface area contributed by atoms with Crippen LogP contribution in [0.3, 0.4) is 0 Å². The molecule has 0 aliphatic carbocycles. The number of benzene rings is 2. The molecule has 1 saturated heterocycles. The van der Waals surface area contributed by atoms with Gasteiger partial charge in [0.05, 0.1) is 17.7 Å². The highest BCUT2D eigenvalue weighted by atomic mass is 16.2. The van der Waals surface area contributed by atoms with E-state index in [1.54, 1.807) is 12.1 Å². The number of nitrogens with one attached hydrogen (secondary N) is 1. The number of hydrogen-bond acceptors (Lipinski definition) is 3. The van der Waals surface area contributed by atoms with Crippen molar-refractivity contribution in [2.24, 2.45) is 0 Å². The largest absolute Gasteiger partial charge is 0.331 e. The summed E-state index contributed by atoms with van der Waals surface area (Å²) in [5.74, 6) is 0. The molecule has 26 heavy (non-hydrogen) atoms. The minimum Gasteiger partial charge on any atom is -0.331 e. The first-order valence-corrected chi connectivity index (χ1v) is 8.97. The van der Waals surface area contributed by atoms with Crippen LogP contribution in [0.25, 0.3) is 0 Å². The smallest absolute Gasteiger partial charge is 0.317 e. The molecular weight excluding hydrogens is 324 g/mol. The fourth-order valence-corrected chi connectivity index (χ4v) is 3.16. The van der Waals surface area contributed by atoms with Gasteiger partial charge in [0, 0.05) is 32.7 Å². The minimum atomic E-state index is -0.0856. The predicted octanol–water partition coefficient (Wildman–Crippen LogP) is 3.15. The SMILES string of the molecule is CC(NC(=O)N1CCN(Cc2ccccc2)CC1)c1ccc(C#N)cc1. The molecule has 0 spiro atoms. The topological polar surface area (TPSA) is 59.4 Å². The van der Waals surface area contributed by atoms with Crippen molar-refractivity contribution >= 4 is 6.03 Å². The number of nitriles is 1. The van der Waals surface area contributed by atoms with Gasteiger partial charge in [-0.25, -0.2) is 4.79 Å². The second kappa shape index (κ2) is 8.50. The van der Waals surface area contributed by atoms with Gasteiger partial charge in [0.15, 0.2) is 0 Å². The summed E-state index contributed by atoms with van der Waals surface area (Å²) in [5, 5.41) is 11.9. The number of piperazine rings is 1. The van der Waals surface area contributed by atoms with Crippen LogP contribution >= 0.6 is 0 Å². The van der Waals surface area contributed by atoms with Crippen molar-refractivity contribution in [3.05, 3.63) is 71.3 Å². The summed E-state index contributed by atoms with van der Waals surface area (Å²) >= 11 is 0. The van der Waals surface area contributed by atoms with Crippen LogP contribution in [0.4, 0.5) is 4.79 Å². The van der Waals surface area contributed by atoms with Gasteiger partial charge in [0.1, 0.15) is 0 Å². The van der Waals surface area contributed by atoms with Crippen molar-refractivity contribution in [2.45, 2.75) is 19.5 Å². The Morgan fingerprint density at radius 2 is 1.73 bits per heavy atom. The van der Waals surface area contributed by atoms with Crippen LogP contribution < -0.4 is 5.32 Å². The Hall–Kier alpha value is -2.84. The Kier molecular flexibility index (Phi) is 5.88. The molecular formula is C21H24N4O. The van der Waals surface area contributed by atoms with E-state index in [-0.39, 0.29) is 12.1 Å². The summed E-state index contributed by atoms with van der Waals surface area (Å²) < 4.78 is 0. The first-order valence-electron chi connectivity index (χ1n) is 8.97. The Bertz CT molecular complexity index is 759. The number of urea groups is 1. The van der Waals surface area contributed by atoms with E-state index in [0.717, 1.165) is 38.3 Å². The highest BCUT2D eigenvalue weighted by Crippen LogP contribution is 2.14. The molecule has 5 heteroatoms. The molecule has 1 atom stereocenters. The molecule has 1 fully saturated rings. The molecule has 1 heterocycles. The number of carbonyl (C=O) groups excluding carboxylic acids is 1. The number of carbonyl (C=O) groups is 1. The average Bonchev–Trinajstić information content (AvgIpc) is 2.69. The van der Waals surface area contributed by atoms with E-state index in [1.165, 1.54) is 5.56 Å². The van der Waals surface area contributed by atoms with E-state index in [9.17, 15) is 4.79 Å². The molecule has 0 saturated carbocycles. The van der Waals surface area contributed by atoms with Gasteiger partial charge in [0.2, 0.25) is 0 Å². The van der Waals surface area contributed by atoms with Crippen LogP contribution in [0, 0.1) is 11.3 Å². The number of rotatable bonds is 4. The third-order valence-corrected chi connectivity index (χ3v) is 4.79. The van der Waals surface area contributed by atoms with Gasteiger partial charge >= 0.3 is 6.03 Å². The lowest BCUT2D eigenvalue weighted by Gasteiger charge is -2.35. The van der Waals surface area contributed by atoms with E-state index in [0.29, 0.717) is 5.56 Å². The molecule has 2 aromatic rings. The van der Waals surface area contributed by atoms with Gasteiger partial charge in [-0.1, -0.05) is 42.5 Å². The molecule has 1 aliphatic heterocycles. The first kappa shape index (κ1) is 18.0. The Morgan fingerprint density at radius 1 is 1.08 bits per heavy atom. The van der Waals surface area contributed by atoms with Gasteiger partial charge in [-0.15, -0.1) is 0 Å². The van der Waals surface area contributed by atoms with E-state index in [1.807, 2.05) is 30.0 Å². The monoisotopic (exact) mass is 348 g/mol. The second-order valence-corrected chi connectivity index (χ2v) is 6.65. The van der Waals surface area contributed by atoms with E-state index < -0.39 is 0 Å². The van der Waals surface area contributed by atoms with Crippen molar-refractivity contribution in [1.29, 1.82) is 5.26 Å². The molecule has 134 valence electrons. The second-order valence-electron chi connectivity index (χ2n) is 6.65. The summed E-state index contributed by atoms with van der Waals surface area (Å²) in [6.07, 6.45) is 0. The minimum absolute atomic E-state index is 0.0266. The maximum atomic E-state index is 12.5. The molecule has 0 aromatic heterocycles. The van der Waals surface area contributed by atoms with Crippen molar-refractivity contribution in [2.75, 3.05) is 26.2 Å². The molecule has 5 nitrogen and oxygen atoms in total. The molecule has 2 aromatic carbocycles. The molecule has 1 aliphatic rings. The van der Waals surface area contributed by atoms with Gasteiger partial charge in [-0.3, -0.25) is 4.90 Å². The lowest BCUT2D eigenvalue weighted by atomic mass is 10.1. The predicted molar refractivity (Wildman–Crippen MR) is 101 cm³/mol. The van der Waals surface area contributed by atoms with Gasteiger partial charge < -0.3 is 10.2 Å². The van der Waals surface area contributed by atoms with E-state index >= 15 is 0 Å². The van der Waals surface area contributed by atoms with Crippen molar-refractivity contribution in [3.8, 4) is 6.07 Å². The van der Waals surface area contributed by atoms with Crippen LogP contribution in [-0.2, 0) is 6.54 Å². The summed E-state index contributed by atoms with van der Waals surface area (Å²) in [7, 11) is 0. The molecule has 3 rings (SSSR count). The number of hydrogen-bond donors (Lipinski definition) is 1. The molecule has 1 unspecified atom stereocenters. The first-order chi connectivity index (χ1) is 12.7. The molecule has 1 N–H and O–H groups in total. The summed E-state index contributed by atoms with van der Waals surface area (Å²) in [6, 6.07) is 19.8. The average molecular weight is 348 g/mol. The van der Waals surface area contributed by atoms with Crippen LogP contribution in [-0.4, -0.2) is 42.0 Å². The van der Waals surface area contributed by atoms with Crippen molar-refractivity contribution < 1.29 is 4.79 Å². The molecule has 0 radical (unpaired) electrons. The highest BCUT2D eigenvalue weighted by molar-refractivity contribution is 5.74. The van der Waals surface area contributed by atoms with Crippen molar-refractivity contribution in [1.82, 2.24) is 15.1 Å². The van der Waals surface area contributed by atoms with E-state index in [2.05, 4.69) is 40.6 Å². The normalized spacial score (nSPS) is 15.9. The quantitative estimate of drug-likeness (QED) is 0.923. The zero-order valence-corrected chi connectivity index (χ0v) is 15.1.